The third-order valence-electron chi connectivity index (χ3n) is 3.08. The lowest BCUT2D eigenvalue weighted by Gasteiger charge is -2.25. The Morgan fingerprint density at radius 1 is 1.00 bits per heavy atom. The maximum atomic E-state index is 6.10. The van der Waals surface area contributed by atoms with Crippen molar-refractivity contribution in [2.45, 2.75) is 32.1 Å². The molecule has 3 nitrogen and oxygen atoms in total. The summed E-state index contributed by atoms with van der Waals surface area (Å²) in [6.07, 6.45) is 1.55. The van der Waals surface area contributed by atoms with Crippen molar-refractivity contribution >= 4 is 0 Å². The van der Waals surface area contributed by atoms with Crippen LogP contribution in [0, 0.1) is 0 Å². The predicted octanol–water partition coefficient (Wildman–Crippen LogP) is 3.25. The summed E-state index contributed by atoms with van der Waals surface area (Å²) >= 11 is 0. The Morgan fingerprint density at radius 3 is 2.26 bits per heavy atom. The smallest absolute Gasteiger partial charge is 0.115 e. The molecule has 0 aliphatic heterocycles. The highest BCUT2D eigenvalue weighted by molar-refractivity contribution is 5.17. The van der Waals surface area contributed by atoms with E-state index in [9.17, 15) is 0 Å². The zero-order valence-corrected chi connectivity index (χ0v) is 11.4. The first kappa shape index (κ1) is 13.7. The molecule has 0 aliphatic rings. The normalized spacial score (nSPS) is 15.7. The van der Waals surface area contributed by atoms with E-state index in [4.69, 9.17) is 10.5 Å². The number of aromatic nitrogens is 1. The predicted molar refractivity (Wildman–Crippen MR) is 76.6 cm³/mol. The van der Waals surface area contributed by atoms with Gasteiger partial charge in [-0.1, -0.05) is 36.4 Å². The first-order chi connectivity index (χ1) is 9.18. The summed E-state index contributed by atoms with van der Waals surface area (Å²) in [6.45, 7) is 3.98. The fourth-order valence-corrected chi connectivity index (χ4v) is 2.03. The second-order valence-electron chi connectivity index (χ2n) is 4.72. The SMILES string of the molecule is CC(OC(c1ccccn1)C(C)N)c1ccccc1. The van der Waals surface area contributed by atoms with Crippen LogP contribution in [-0.4, -0.2) is 11.0 Å². The maximum absolute atomic E-state index is 6.10. The molecular formula is C16H20N2O. The molecule has 2 rings (SSSR count). The van der Waals surface area contributed by atoms with Crippen molar-refractivity contribution in [1.82, 2.24) is 4.98 Å². The van der Waals surface area contributed by atoms with Crippen molar-refractivity contribution in [3.63, 3.8) is 0 Å². The molecule has 1 heterocycles. The second kappa shape index (κ2) is 6.45. The van der Waals surface area contributed by atoms with Gasteiger partial charge in [0.25, 0.3) is 0 Å². The minimum absolute atomic E-state index is 0.0146. The molecule has 3 unspecified atom stereocenters. The Hall–Kier alpha value is -1.71. The molecular weight excluding hydrogens is 236 g/mol. The summed E-state index contributed by atoms with van der Waals surface area (Å²) in [5.74, 6) is 0. The third kappa shape index (κ3) is 3.63. The van der Waals surface area contributed by atoms with Crippen LogP contribution in [0.5, 0.6) is 0 Å². The standard InChI is InChI=1S/C16H20N2O/c1-12(17)16(15-10-6-7-11-18-15)19-13(2)14-8-4-3-5-9-14/h3-13,16H,17H2,1-2H3. The zero-order chi connectivity index (χ0) is 13.7. The first-order valence-electron chi connectivity index (χ1n) is 6.55. The minimum atomic E-state index is -0.198. The van der Waals surface area contributed by atoms with Crippen molar-refractivity contribution in [3.8, 4) is 0 Å². The van der Waals surface area contributed by atoms with Crippen LogP contribution in [0.2, 0.25) is 0 Å². The molecule has 0 amide bonds. The summed E-state index contributed by atoms with van der Waals surface area (Å²) in [7, 11) is 0. The number of ether oxygens (including phenoxy) is 1. The summed E-state index contributed by atoms with van der Waals surface area (Å²) in [6, 6.07) is 15.8. The van der Waals surface area contributed by atoms with E-state index in [-0.39, 0.29) is 18.2 Å². The Morgan fingerprint density at radius 2 is 1.68 bits per heavy atom. The molecule has 100 valence electrons. The van der Waals surface area contributed by atoms with Gasteiger partial charge in [-0.2, -0.15) is 0 Å². The van der Waals surface area contributed by atoms with E-state index in [0.29, 0.717) is 0 Å². The molecule has 0 spiro atoms. The van der Waals surface area contributed by atoms with E-state index >= 15 is 0 Å². The van der Waals surface area contributed by atoms with E-state index in [0.717, 1.165) is 11.3 Å². The second-order valence-corrected chi connectivity index (χ2v) is 4.72. The Labute approximate surface area is 114 Å². The Bertz CT molecular complexity index is 485. The summed E-state index contributed by atoms with van der Waals surface area (Å²) in [5, 5.41) is 0. The van der Waals surface area contributed by atoms with Crippen LogP contribution in [-0.2, 0) is 4.74 Å². The number of nitrogens with zero attached hydrogens (tertiary/aromatic N) is 1. The Kier molecular flexibility index (Phi) is 4.66. The summed E-state index contributed by atoms with van der Waals surface area (Å²) < 4.78 is 6.10. The van der Waals surface area contributed by atoms with Gasteiger partial charge >= 0.3 is 0 Å². The quantitative estimate of drug-likeness (QED) is 0.893. The minimum Gasteiger partial charge on any atom is -0.363 e. The van der Waals surface area contributed by atoms with E-state index in [1.807, 2.05) is 50.2 Å². The fraction of sp³-hybridized carbons (Fsp3) is 0.312. The molecule has 1 aromatic carbocycles. The molecule has 0 aliphatic carbocycles. The van der Waals surface area contributed by atoms with Crippen molar-refractivity contribution in [2.75, 3.05) is 0 Å². The van der Waals surface area contributed by atoms with Gasteiger partial charge in [-0.3, -0.25) is 4.98 Å². The van der Waals surface area contributed by atoms with Gasteiger partial charge in [0, 0.05) is 12.2 Å². The fourth-order valence-electron chi connectivity index (χ4n) is 2.03. The van der Waals surface area contributed by atoms with E-state index in [1.165, 1.54) is 0 Å². The molecule has 0 radical (unpaired) electrons. The van der Waals surface area contributed by atoms with Gasteiger partial charge in [-0.15, -0.1) is 0 Å². The zero-order valence-electron chi connectivity index (χ0n) is 11.4. The number of pyridine rings is 1. The van der Waals surface area contributed by atoms with Crippen LogP contribution < -0.4 is 5.73 Å². The number of nitrogens with two attached hydrogens (primary N) is 1. The van der Waals surface area contributed by atoms with Gasteiger partial charge in [0.1, 0.15) is 6.10 Å². The van der Waals surface area contributed by atoms with Gasteiger partial charge in [-0.05, 0) is 31.5 Å². The number of hydrogen-bond donors (Lipinski definition) is 1. The molecule has 0 saturated heterocycles. The average Bonchev–Trinajstić information content (AvgIpc) is 2.46. The van der Waals surface area contributed by atoms with Gasteiger partial charge < -0.3 is 10.5 Å². The summed E-state index contributed by atoms with van der Waals surface area (Å²) in [4.78, 5) is 4.34. The van der Waals surface area contributed by atoms with Crippen LogP contribution in [0.25, 0.3) is 0 Å². The van der Waals surface area contributed by atoms with Crippen molar-refractivity contribution in [2.24, 2.45) is 5.73 Å². The number of hydrogen-bond acceptors (Lipinski definition) is 3. The van der Waals surface area contributed by atoms with Crippen LogP contribution >= 0.6 is 0 Å². The van der Waals surface area contributed by atoms with Gasteiger partial charge in [0.15, 0.2) is 0 Å². The number of rotatable bonds is 5. The van der Waals surface area contributed by atoms with E-state index < -0.39 is 0 Å². The molecule has 0 saturated carbocycles. The van der Waals surface area contributed by atoms with Crippen LogP contribution in [0.1, 0.15) is 37.3 Å². The van der Waals surface area contributed by atoms with Crippen molar-refractivity contribution in [3.05, 3.63) is 66.0 Å². The topological polar surface area (TPSA) is 48.1 Å². The van der Waals surface area contributed by atoms with Crippen molar-refractivity contribution < 1.29 is 4.74 Å². The lowest BCUT2D eigenvalue weighted by molar-refractivity contribution is -0.0185. The molecule has 2 N–H and O–H groups in total. The van der Waals surface area contributed by atoms with Gasteiger partial charge in [-0.25, -0.2) is 0 Å². The van der Waals surface area contributed by atoms with E-state index in [1.54, 1.807) is 6.20 Å². The summed E-state index contributed by atoms with van der Waals surface area (Å²) in [5.41, 5.74) is 8.05. The highest BCUT2D eigenvalue weighted by Gasteiger charge is 2.21. The van der Waals surface area contributed by atoms with Crippen LogP contribution in [0.15, 0.2) is 54.7 Å². The lowest BCUT2D eigenvalue weighted by atomic mass is 10.1. The maximum Gasteiger partial charge on any atom is 0.115 e. The third-order valence-corrected chi connectivity index (χ3v) is 3.08. The van der Waals surface area contributed by atoms with Crippen LogP contribution in [0.4, 0.5) is 0 Å². The van der Waals surface area contributed by atoms with Crippen molar-refractivity contribution in [1.29, 1.82) is 0 Å². The van der Waals surface area contributed by atoms with Gasteiger partial charge in [0.2, 0.25) is 0 Å². The van der Waals surface area contributed by atoms with Crippen LogP contribution in [0.3, 0.4) is 0 Å². The molecule has 2 aromatic rings. The largest absolute Gasteiger partial charge is 0.363 e. The Balaban J connectivity index is 2.14. The first-order valence-corrected chi connectivity index (χ1v) is 6.55. The molecule has 19 heavy (non-hydrogen) atoms. The highest BCUT2D eigenvalue weighted by Crippen LogP contribution is 2.27. The molecule has 0 fully saturated rings. The number of benzene rings is 1. The monoisotopic (exact) mass is 256 g/mol. The molecule has 1 aromatic heterocycles. The highest BCUT2D eigenvalue weighted by atomic mass is 16.5. The van der Waals surface area contributed by atoms with E-state index in [2.05, 4.69) is 17.1 Å². The molecule has 0 bridgehead atoms. The molecule has 3 heteroatoms. The van der Waals surface area contributed by atoms with Gasteiger partial charge in [0.05, 0.1) is 11.8 Å². The molecule has 3 atom stereocenters. The average molecular weight is 256 g/mol. The lowest BCUT2D eigenvalue weighted by Crippen LogP contribution is -2.28.